The molecule has 1 heterocycles. The highest BCUT2D eigenvalue weighted by Gasteiger charge is 2.25. The van der Waals surface area contributed by atoms with Crippen molar-refractivity contribution < 1.29 is 9.90 Å². The third kappa shape index (κ3) is 5.04. The summed E-state index contributed by atoms with van der Waals surface area (Å²) in [5, 5.41) is 19.3. The summed E-state index contributed by atoms with van der Waals surface area (Å²) in [7, 11) is 1.90. The Labute approximate surface area is 125 Å². The van der Waals surface area contributed by atoms with Crippen LogP contribution >= 0.6 is 0 Å². The van der Waals surface area contributed by atoms with Crippen molar-refractivity contribution in [3.63, 3.8) is 0 Å². The number of aliphatic hydroxyl groups is 1. The molecule has 118 valence electrons. The molecule has 6 nitrogen and oxygen atoms in total. The lowest BCUT2D eigenvalue weighted by Gasteiger charge is -2.30. The molecule has 21 heavy (non-hydrogen) atoms. The maximum atomic E-state index is 11.9. The van der Waals surface area contributed by atoms with E-state index in [1.807, 2.05) is 19.4 Å². The number of aliphatic hydroxyl groups excluding tert-OH is 1. The first-order chi connectivity index (χ1) is 10.2. The van der Waals surface area contributed by atoms with Crippen LogP contribution in [0.25, 0.3) is 0 Å². The van der Waals surface area contributed by atoms with Gasteiger partial charge in [0.25, 0.3) is 0 Å². The van der Waals surface area contributed by atoms with Crippen molar-refractivity contribution in [2.24, 2.45) is 13.0 Å². The van der Waals surface area contributed by atoms with Gasteiger partial charge in [-0.15, -0.1) is 0 Å². The van der Waals surface area contributed by atoms with Gasteiger partial charge in [0.2, 0.25) is 0 Å². The number of hydrogen-bond donors (Lipinski definition) is 3. The molecular formula is C15H26N4O2. The smallest absolute Gasteiger partial charge is 0.315 e. The van der Waals surface area contributed by atoms with Crippen LogP contribution in [0.4, 0.5) is 4.79 Å². The minimum Gasteiger partial charge on any atom is -0.396 e. The molecule has 2 amide bonds. The van der Waals surface area contributed by atoms with Crippen molar-refractivity contribution in [3.8, 4) is 0 Å². The molecule has 0 aromatic carbocycles. The van der Waals surface area contributed by atoms with E-state index in [2.05, 4.69) is 15.7 Å². The second-order valence-corrected chi connectivity index (χ2v) is 5.86. The maximum Gasteiger partial charge on any atom is 0.315 e. The van der Waals surface area contributed by atoms with Crippen LogP contribution in [0.3, 0.4) is 0 Å². The van der Waals surface area contributed by atoms with Crippen LogP contribution in [0, 0.1) is 5.92 Å². The van der Waals surface area contributed by atoms with Crippen LogP contribution in [-0.4, -0.2) is 40.1 Å². The van der Waals surface area contributed by atoms with E-state index < -0.39 is 0 Å². The summed E-state index contributed by atoms with van der Waals surface area (Å²) >= 11 is 0. The number of amides is 2. The first-order valence-corrected chi connectivity index (χ1v) is 7.82. The maximum absolute atomic E-state index is 11.9. The van der Waals surface area contributed by atoms with Gasteiger partial charge in [0.15, 0.2) is 0 Å². The minimum atomic E-state index is -0.119. The van der Waals surface area contributed by atoms with E-state index >= 15 is 0 Å². The Morgan fingerprint density at radius 1 is 1.48 bits per heavy atom. The van der Waals surface area contributed by atoms with Gasteiger partial charge >= 0.3 is 6.03 Å². The van der Waals surface area contributed by atoms with Crippen molar-refractivity contribution in [3.05, 3.63) is 18.0 Å². The molecule has 0 radical (unpaired) electrons. The number of nitrogens with one attached hydrogen (secondary N) is 2. The monoisotopic (exact) mass is 294 g/mol. The fourth-order valence-electron chi connectivity index (χ4n) is 2.93. The van der Waals surface area contributed by atoms with E-state index in [1.54, 1.807) is 4.68 Å². The lowest BCUT2D eigenvalue weighted by molar-refractivity contribution is 0.153. The Morgan fingerprint density at radius 3 is 3.00 bits per heavy atom. The van der Waals surface area contributed by atoms with Gasteiger partial charge in [-0.3, -0.25) is 4.68 Å². The lowest BCUT2D eigenvalue weighted by Crippen LogP contribution is -2.47. The van der Waals surface area contributed by atoms with Gasteiger partial charge in [-0.25, -0.2) is 4.79 Å². The molecule has 2 unspecified atom stereocenters. The van der Waals surface area contributed by atoms with Crippen molar-refractivity contribution in [1.82, 2.24) is 20.4 Å². The second-order valence-electron chi connectivity index (χ2n) is 5.86. The van der Waals surface area contributed by atoms with Crippen molar-refractivity contribution in [2.75, 3.05) is 13.2 Å². The summed E-state index contributed by atoms with van der Waals surface area (Å²) in [4.78, 5) is 11.9. The van der Waals surface area contributed by atoms with Crippen molar-refractivity contribution in [1.29, 1.82) is 0 Å². The molecule has 1 aliphatic carbocycles. The van der Waals surface area contributed by atoms with Gasteiger partial charge in [0.05, 0.1) is 6.20 Å². The van der Waals surface area contributed by atoms with Crippen LogP contribution in [0.1, 0.15) is 37.7 Å². The molecule has 1 aliphatic rings. The van der Waals surface area contributed by atoms with Gasteiger partial charge in [-0.2, -0.15) is 5.10 Å². The standard InChI is InChI=1S/C15H26N4O2/c1-19-10-12(9-17-19)5-4-8-16-15(21)18-14-7-3-2-6-13(14)11-20/h9-10,13-14,20H,2-8,11H2,1H3,(H2,16,18,21). The molecule has 1 aromatic heterocycles. The quantitative estimate of drug-likeness (QED) is 0.690. The van der Waals surface area contributed by atoms with E-state index in [9.17, 15) is 9.90 Å². The predicted molar refractivity (Wildman–Crippen MR) is 80.9 cm³/mol. The van der Waals surface area contributed by atoms with E-state index in [-0.39, 0.29) is 24.6 Å². The summed E-state index contributed by atoms with van der Waals surface area (Å²) < 4.78 is 1.79. The van der Waals surface area contributed by atoms with Gasteiger partial charge in [-0.05, 0) is 31.2 Å². The first kappa shape index (κ1) is 15.8. The van der Waals surface area contributed by atoms with E-state index in [1.165, 1.54) is 5.56 Å². The molecule has 1 fully saturated rings. The zero-order valence-electron chi connectivity index (χ0n) is 12.7. The Kier molecular flexibility index (Phi) is 6.04. The Morgan fingerprint density at radius 2 is 2.29 bits per heavy atom. The number of aryl methyl sites for hydroxylation is 2. The molecule has 2 atom stereocenters. The average molecular weight is 294 g/mol. The molecule has 2 rings (SSSR count). The van der Waals surface area contributed by atoms with Crippen LogP contribution in [0.15, 0.2) is 12.4 Å². The zero-order valence-corrected chi connectivity index (χ0v) is 12.7. The van der Waals surface area contributed by atoms with Crippen LogP contribution in [0.5, 0.6) is 0 Å². The lowest BCUT2D eigenvalue weighted by atomic mass is 9.85. The van der Waals surface area contributed by atoms with Crippen LogP contribution in [-0.2, 0) is 13.5 Å². The average Bonchev–Trinajstić information content (AvgIpc) is 2.90. The fraction of sp³-hybridized carbons (Fsp3) is 0.733. The van der Waals surface area contributed by atoms with Crippen molar-refractivity contribution in [2.45, 2.75) is 44.6 Å². The molecule has 0 aliphatic heterocycles. The van der Waals surface area contributed by atoms with Crippen molar-refractivity contribution >= 4 is 6.03 Å². The number of rotatable bonds is 6. The van der Waals surface area contributed by atoms with Gasteiger partial charge in [-0.1, -0.05) is 12.8 Å². The second kappa shape index (κ2) is 8.02. The third-order valence-corrected chi connectivity index (χ3v) is 4.15. The molecular weight excluding hydrogens is 268 g/mol. The number of carbonyl (C=O) groups excluding carboxylic acids is 1. The SMILES string of the molecule is Cn1cc(CCCNC(=O)NC2CCCCC2CO)cn1. The Hall–Kier alpha value is -1.56. The van der Waals surface area contributed by atoms with Gasteiger partial charge in [0.1, 0.15) is 0 Å². The largest absolute Gasteiger partial charge is 0.396 e. The molecule has 0 spiro atoms. The van der Waals surface area contributed by atoms with Crippen LogP contribution < -0.4 is 10.6 Å². The zero-order chi connectivity index (χ0) is 15.1. The number of carbonyl (C=O) groups is 1. The Bertz CT molecular complexity index is 447. The number of nitrogens with zero attached hydrogens (tertiary/aromatic N) is 2. The first-order valence-electron chi connectivity index (χ1n) is 7.82. The minimum absolute atomic E-state index is 0.113. The van der Waals surface area contributed by atoms with Gasteiger partial charge in [0, 0.05) is 38.4 Å². The highest BCUT2D eigenvalue weighted by molar-refractivity contribution is 5.74. The van der Waals surface area contributed by atoms with Gasteiger partial charge < -0.3 is 15.7 Å². The molecule has 1 aromatic rings. The molecule has 0 bridgehead atoms. The molecule has 6 heteroatoms. The van der Waals surface area contributed by atoms with E-state index in [4.69, 9.17) is 0 Å². The highest BCUT2D eigenvalue weighted by atomic mass is 16.3. The summed E-state index contributed by atoms with van der Waals surface area (Å²) in [6, 6.07) is -0.00592. The van der Waals surface area contributed by atoms with E-state index in [0.717, 1.165) is 38.5 Å². The summed E-state index contributed by atoms with van der Waals surface area (Å²) in [6.45, 7) is 0.809. The highest BCUT2D eigenvalue weighted by Crippen LogP contribution is 2.23. The molecule has 3 N–H and O–H groups in total. The number of urea groups is 1. The third-order valence-electron chi connectivity index (χ3n) is 4.15. The summed E-state index contributed by atoms with van der Waals surface area (Å²) in [5.41, 5.74) is 1.19. The number of hydrogen-bond acceptors (Lipinski definition) is 3. The molecule has 0 saturated heterocycles. The summed E-state index contributed by atoms with van der Waals surface area (Å²) in [6.07, 6.45) is 9.90. The van der Waals surface area contributed by atoms with E-state index in [0.29, 0.717) is 6.54 Å². The van der Waals surface area contributed by atoms with Crippen LogP contribution in [0.2, 0.25) is 0 Å². The predicted octanol–water partition coefficient (Wildman–Crippen LogP) is 1.20. The number of aromatic nitrogens is 2. The Balaban J connectivity index is 1.62. The molecule has 1 saturated carbocycles. The summed E-state index contributed by atoms with van der Waals surface area (Å²) in [5.74, 6) is 0.208. The normalized spacial score (nSPS) is 22.0. The fourth-order valence-corrected chi connectivity index (χ4v) is 2.93. The topological polar surface area (TPSA) is 79.2 Å².